The molecule has 0 N–H and O–H groups in total. The van der Waals surface area contributed by atoms with Gasteiger partial charge in [-0.25, -0.2) is 8.42 Å². The number of nitrogens with zero attached hydrogens (tertiary/aromatic N) is 1. The van der Waals surface area contributed by atoms with Gasteiger partial charge in [0, 0.05) is 35.0 Å². The molecule has 4 nitrogen and oxygen atoms in total. The van der Waals surface area contributed by atoms with Crippen molar-refractivity contribution in [3.8, 4) is 0 Å². The Bertz CT molecular complexity index is 795. The van der Waals surface area contributed by atoms with Gasteiger partial charge in [0.05, 0.1) is 6.10 Å². The summed E-state index contributed by atoms with van der Waals surface area (Å²) in [6.45, 7) is 1.45. The lowest BCUT2D eigenvalue weighted by Crippen LogP contribution is -2.35. The molecule has 1 aliphatic heterocycles. The molecule has 0 saturated carbocycles. The van der Waals surface area contributed by atoms with E-state index in [4.69, 9.17) is 16.3 Å². The van der Waals surface area contributed by atoms with Gasteiger partial charge in [-0.1, -0.05) is 29.8 Å². The number of hydrogen-bond donors (Lipinski definition) is 0. The van der Waals surface area contributed by atoms with Crippen molar-refractivity contribution < 1.29 is 13.2 Å². The van der Waals surface area contributed by atoms with Crippen LogP contribution in [0.25, 0.3) is 6.08 Å². The van der Waals surface area contributed by atoms with Gasteiger partial charge in [-0.15, -0.1) is 11.3 Å². The van der Waals surface area contributed by atoms with Crippen molar-refractivity contribution in [2.75, 3.05) is 13.2 Å². The van der Waals surface area contributed by atoms with E-state index in [1.165, 1.54) is 9.71 Å². The zero-order valence-corrected chi connectivity index (χ0v) is 16.1. The molecule has 1 saturated heterocycles. The quantitative estimate of drug-likeness (QED) is 0.696. The minimum absolute atomic E-state index is 0.0290. The Kier molecular flexibility index (Phi) is 6.30. The molecule has 0 bridgehead atoms. The number of hydrogen-bond acceptors (Lipinski definition) is 4. The number of sulfonamides is 1. The summed E-state index contributed by atoms with van der Waals surface area (Å²) in [6.07, 6.45) is 3.46. The van der Waals surface area contributed by atoms with Crippen molar-refractivity contribution in [2.24, 2.45) is 0 Å². The molecule has 1 aromatic carbocycles. The number of rotatable bonds is 7. The van der Waals surface area contributed by atoms with E-state index < -0.39 is 10.0 Å². The van der Waals surface area contributed by atoms with Gasteiger partial charge in [-0.2, -0.15) is 4.31 Å². The SMILES string of the molecule is O=S(=O)(/C=C/c1ccc(Cl)cc1)N(Cc1cccs1)CC1CCCO1. The molecule has 3 rings (SSSR count). The highest BCUT2D eigenvalue weighted by molar-refractivity contribution is 7.92. The van der Waals surface area contributed by atoms with Crippen LogP contribution in [0.15, 0.2) is 47.2 Å². The number of benzene rings is 1. The maximum atomic E-state index is 12.8. The van der Waals surface area contributed by atoms with E-state index in [1.54, 1.807) is 41.7 Å². The van der Waals surface area contributed by atoms with E-state index in [0.717, 1.165) is 23.3 Å². The van der Waals surface area contributed by atoms with Gasteiger partial charge in [-0.3, -0.25) is 0 Å². The van der Waals surface area contributed by atoms with Crippen LogP contribution in [0, 0.1) is 0 Å². The molecular weight excluding hydrogens is 378 g/mol. The molecule has 2 aromatic rings. The standard InChI is InChI=1S/C18H20ClNO3S2/c19-16-7-5-15(6-8-16)9-12-25(21,22)20(13-17-3-1-10-23-17)14-18-4-2-11-24-18/h2,4-9,11-12,17H,1,3,10,13-14H2/b12-9+. The molecule has 7 heteroatoms. The summed E-state index contributed by atoms with van der Waals surface area (Å²) in [7, 11) is -3.55. The van der Waals surface area contributed by atoms with Gasteiger partial charge >= 0.3 is 0 Å². The Morgan fingerprint density at radius 1 is 1.28 bits per heavy atom. The topological polar surface area (TPSA) is 46.6 Å². The summed E-state index contributed by atoms with van der Waals surface area (Å²) in [5, 5.41) is 3.84. The normalized spacial score (nSPS) is 18.4. The van der Waals surface area contributed by atoms with Crippen LogP contribution in [0.3, 0.4) is 0 Å². The number of halogens is 1. The summed E-state index contributed by atoms with van der Waals surface area (Å²) in [4.78, 5) is 1.02. The molecule has 1 atom stereocenters. The van der Waals surface area contributed by atoms with Gasteiger partial charge in [0.15, 0.2) is 0 Å². The molecule has 25 heavy (non-hydrogen) atoms. The highest BCUT2D eigenvalue weighted by atomic mass is 35.5. The fourth-order valence-corrected chi connectivity index (χ4v) is 4.80. The molecule has 1 aliphatic rings. The summed E-state index contributed by atoms with van der Waals surface area (Å²) < 4.78 is 32.8. The molecule has 0 radical (unpaired) electrons. The first-order valence-electron chi connectivity index (χ1n) is 8.11. The van der Waals surface area contributed by atoms with Crippen molar-refractivity contribution in [3.63, 3.8) is 0 Å². The highest BCUT2D eigenvalue weighted by Gasteiger charge is 2.26. The minimum atomic E-state index is -3.55. The van der Waals surface area contributed by atoms with Crippen LogP contribution in [0.2, 0.25) is 5.02 Å². The van der Waals surface area contributed by atoms with Crippen LogP contribution in [0.4, 0.5) is 0 Å². The van der Waals surface area contributed by atoms with Crippen LogP contribution in [-0.4, -0.2) is 32.0 Å². The van der Waals surface area contributed by atoms with Gasteiger partial charge in [0.1, 0.15) is 0 Å². The van der Waals surface area contributed by atoms with Crippen LogP contribution in [-0.2, 0) is 21.3 Å². The van der Waals surface area contributed by atoms with Gasteiger partial charge in [0.2, 0.25) is 10.0 Å². The summed E-state index contributed by atoms with van der Waals surface area (Å²) in [5.74, 6) is 0. The Labute approximate surface area is 157 Å². The van der Waals surface area contributed by atoms with E-state index in [-0.39, 0.29) is 6.10 Å². The zero-order valence-electron chi connectivity index (χ0n) is 13.7. The van der Waals surface area contributed by atoms with Crippen molar-refractivity contribution >= 4 is 39.0 Å². The zero-order chi connectivity index (χ0) is 17.7. The van der Waals surface area contributed by atoms with E-state index in [9.17, 15) is 8.42 Å². The largest absolute Gasteiger partial charge is 0.377 e. The molecule has 2 heterocycles. The summed E-state index contributed by atoms with van der Waals surface area (Å²) in [6, 6.07) is 10.9. The van der Waals surface area contributed by atoms with E-state index in [0.29, 0.717) is 24.7 Å². The molecular formula is C18H20ClNO3S2. The van der Waals surface area contributed by atoms with Crippen LogP contribution >= 0.6 is 22.9 Å². The van der Waals surface area contributed by atoms with Crippen LogP contribution in [0.1, 0.15) is 23.3 Å². The van der Waals surface area contributed by atoms with E-state index >= 15 is 0 Å². The molecule has 1 unspecified atom stereocenters. The lowest BCUT2D eigenvalue weighted by atomic mass is 10.2. The summed E-state index contributed by atoms with van der Waals surface area (Å²) >= 11 is 7.42. The Hall–Kier alpha value is -1.18. The molecule has 0 aliphatic carbocycles. The maximum Gasteiger partial charge on any atom is 0.236 e. The van der Waals surface area contributed by atoms with Gasteiger partial charge < -0.3 is 4.74 Å². The lowest BCUT2D eigenvalue weighted by Gasteiger charge is -2.22. The second-order valence-corrected chi connectivity index (χ2v) is 9.19. The molecule has 134 valence electrons. The monoisotopic (exact) mass is 397 g/mol. The fraction of sp³-hybridized carbons (Fsp3) is 0.333. The average molecular weight is 398 g/mol. The van der Waals surface area contributed by atoms with E-state index in [1.807, 2.05) is 17.5 Å². The Morgan fingerprint density at radius 2 is 2.08 bits per heavy atom. The minimum Gasteiger partial charge on any atom is -0.377 e. The van der Waals surface area contributed by atoms with Gasteiger partial charge in [-0.05, 0) is 48.1 Å². The Balaban J connectivity index is 1.77. The first kappa shape index (κ1) is 18.6. The third-order valence-electron chi connectivity index (χ3n) is 4.01. The fourth-order valence-electron chi connectivity index (χ4n) is 2.67. The van der Waals surface area contributed by atoms with Gasteiger partial charge in [0.25, 0.3) is 0 Å². The molecule has 0 spiro atoms. The van der Waals surface area contributed by atoms with Crippen molar-refractivity contribution in [1.29, 1.82) is 0 Å². The lowest BCUT2D eigenvalue weighted by molar-refractivity contribution is 0.0930. The number of ether oxygens (including phenoxy) is 1. The molecule has 0 amide bonds. The van der Waals surface area contributed by atoms with Crippen molar-refractivity contribution in [3.05, 3.63) is 62.6 Å². The molecule has 1 aromatic heterocycles. The third-order valence-corrected chi connectivity index (χ3v) is 6.60. The average Bonchev–Trinajstić information content (AvgIpc) is 3.28. The first-order valence-corrected chi connectivity index (χ1v) is 10.9. The van der Waals surface area contributed by atoms with E-state index in [2.05, 4.69) is 0 Å². The van der Waals surface area contributed by atoms with Crippen LogP contribution < -0.4 is 0 Å². The predicted octanol–water partition coefficient (Wildman–Crippen LogP) is 4.38. The second-order valence-electron chi connectivity index (χ2n) is 5.91. The third kappa shape index (κ3) is 5.39. The Morgan fingerprint density at radius 3 is 2.72 bits per heavy atom. The smallest absolute Gasteiger partial charge is 0.236 e. The summed E-state index contributed by atoms with van der Waals surface area (Å²) in [5.41, 5.74) is 0.793. The maximum absolute atomic E-state index is 12.8. The predicted molar refractivity (Wildman–Crippen MR) is 103 cm³/mol. The first-order chi connectivity index (χ1) is 12.0. The second kappa shape index (κ2) is 8.47. The number of thiophene rings is 1. The van der Waals surface area contributed by atoms with Crippen LogP contribution in [0.5, 0.6) is 0 Å². The highest BCUT2D eigenvalue weighted by Crippen LogP contribution is 2.21. The van der Waals surface area contributed by atoms with Crippen molar-refractivity contribution in [1.82, 2.24) is 4.31 Å². The molecule has 1 fully saturated rings. The van der Waals surface area contributed by atoms with Crippen molar-refractivity contribution in [2.45, 2.75) is 25.5 Å².